The lowest BCUT2D eigenvalue weighted by Crippen LogP contribution is -2.45. The molecule has 4 nitrogen and oxygen atoms in total. The molecule has 2 amide bonds. The highest BCUT2D eigenvalue weighted by Crippen LogP contribution is 2.26. The van der Waals surface area contributed by atoms with Crippen molar-refractivity contribution in [2.45, 2.75) is 25.3 Å². The molecule has 5 heteroatoms. The first-order valence-electron chi connectivity index (χ1n) is 8.05. The number of rotatable bonds is 5. The second-order valence-electron chi connectivity index (χ2n) is 5.79. The van der Waals surface area contributed by atoms with E-state index in [0.29, 0.717) is 31.4 Å². The molecule has 124 valence electrons. The number of nitrogens with zero attached hydrogens (tertiary/aromatic N) is 1. The Morgan fingerprint density at radius 1 is 1.12 bits per heavy atom. The van der Waals surface area contributed by atoms with Crippen LogP contribution in [0.2, 0.25) is 0 Å². The highest BCUT2D eigenvalue weighted by atomic mass is 19.1. The summed E-state index contributed by atoms with van der Waals surface area (Å²) in [6, 6.07) is 15.2. The van der Waals surface area contributed by atoms with Gasteiger partial charge in [0, 0.05) is 18.7 Å². The van der Waals surface area contributed by atoms with Gasteiger partial charge in [0.2, 0.25) is 11.8 Å². The van der Waals surface area contributed by atoms with Crippen molar-refractivity contribution in [3.63, 3.8) is 0 Å². The van der Waals surface area contributed by atoms with Gasteiger partial charge in [0.25, 0.3) is 0 Å². The molecule has 1 atom stereocenters. The number of hydrogen-bond acceptors (Lipinski definition) is 2. The maximum Gasteiger partial charge on any atom is 0.243 e. The highest BCUT2D eigenvalue weighted by molar-refractivity contribution is 6.03. The van der Waals surface area contributed by atoms with E-state index < -0.39 is 6.04 Å². The Labute approximate surface area is 140 Å². The normalized spacial score (nSPS) is 17.1. The van der Waals surface area contributed by atoms with Gasteiger partial charge in [-0.25, -0.2) is 4.39 Å². The Balaban J connectivity index is 1.62. The molecule has 24 heavy (non-hydrogen) atoms. The minimum Gasteiger partial charge on any atom is -0.354 e. The van der Waals surface area contributed by atoms with Gasteiger partial charge in [0.05, 0.1) is 0 Å². The smallest absolute Gasteiger partial charge is 0.243 e. The molecule has 0 aliphatic carbocycles. The van der Waals surface area contributed by atoms with Crippen molar-refractivity contribution in [1.82, 2.24) is 5.32 Å². The first-order valence-corrected chi connectivity index (χ1v) is 8.05. The molecule has 2 aromatic carbocycles. The Hall–Kier alpha value is -2.69. The molecule has 1 fully saturated rings. The van der Waals surface area contributed by atoms with Crippen LogP contribution in [0.4, 0.5) is 10.1 Å². The number of amides is 2. The van der Waals surface area contributed by atoms with Crippen molar-refractivity contribution in [2.24, 2.45) is 0 Å². The summed E-state index contributed by atoms with van der Waals surface area (Å²) >= 11 is 0. The summed E-state index contributed by atoms with van der Waals surface area (Å²) in [6.45, 7) is 0.340. The minimum absolute atomic E-state index is 0.0459. The van der Waals surface area contributed by atoms with E-state index in [1.54, 1.807) is 23.1 Å². The van der Waals surface area contributed by atoms with Gasteiger partial charge < -0.3 is 5.32 Å². The first-order chi connectivity index (χ1) is 11.7. The number of para-hydroxylation sites is 1. The van der Waals surface area contributed by atoms with Crippen LogP contribution in [-0.2, 0) is 16.0 Å². The lowest BCUT2D eigenvalue weighted by atomic mass is 10.1. The Kier molecular flexibility index (Phi) is 4.89. The molecule has 1 N–H and O–H groups in total. The Morgan fingerprint density at radius 3 is 2.58 bits per heavy atom. The summed E-state index contributed by atoms with van der Waals surface area (Å²) in [6.07, 6.45) is 1.28. The average molecular weight is 326 g/mol. The largest absolute Gasteiger partial charge is 0.354 e. The topological polar surface area (TPSA) is 49.4 Å². The third-order valence-electron chi connectivity index (χ3n) is 4.20. The molecule has 1 unspecified atom stereocenters. The molecule has 1 aliphatic heterocycles. The average Bonchev–Trinajstić information content (AvgIpc) is 2.99. The number of benzene rings is 2. The first kappa shape index (κ1) is 16.2. The molecule has 0 spiro atoms. The van der Waals surface area contributed by atoms with Crippen LogP contribution in [0.15, 0.2) is 54.6 Å². The van der Waals surface area contributed by atoms with Crippen molar-refractivity contribution in [3.8, 4) is 0 Å². The quantitative estimate of drug-likeness (QED) is 0.918. The molecule has 0 saturated carbocycles. The fraction of sp³-hybridized carbons (Fsp3) is 0.263. The Morgan fingerprint density at radius 2 is 1.83 bits per heavy atom. The molecular formula is C19H19FN2O2. The fourth-order valence-electron chi connectivity index (χ4n) is 2.98. The van der Waals surface area contributed by atoms with Crippen molar-refractivity contribution in [2.75, 3.05) is 11.4 Å². The third kappa shape index (κ3) is 3.45. The van der Waals surface area contributed by atoms with Crippen molar-refractivity contribution in [3.05, 3.63) is 66.0 Å². The summed E-state index contributed by atoms with van der Waals surface area (Å²) in [4.78, 5) is 26.1. The van der Waals surface area contributed by atoms with Crippen LogP contribution in [0.25, 0.3) is 0 Å². The lowest BCUT2D eigenvalue weighted by molar-refractivity contribution is -0.123. The number of nitrogens with one attached hydrogen (secondary N) is 1. The van der Waals surface area contributed by atoms with E-state index in [4.69, 9.17) is 0 Å². The Bertz CT molecular complexity index is 733. The molecule has 0 aromatic heterocycles. The van der Waals surface area contributed by atoms with Crippen molar-refractivity contribution < 1.29 is 14.0 Å². The molecule has 1 aliphatic rings. The van der Waals surface area contributed by atoms with Gasteiger partial charge in [-0.15, -0.1) is 0 Å². The second-order valence-corrected chi connectivity index (χ2v) is 5.79. The van der Waals surface area contributed by atoms with Gasteiger partial charge in [0.15, 0.2) is 0 Å². The molecule has 3 rings (SSSR count). The summed E-state index contributed by atoms with van der Waals surface area (Å²) in [5.74, 6) is -0.509. The fourth-order valence-corrected chi connectivity index (χ4v) is 2.98. The predicted molar refractivity (Wildman–Crippen MR) is 90.1 cm³/mol. The van der Waals surface area contributed by atoms with E-state index in [1.165, 1.54) is 6.07 Å². The maximum absolute atomic E-state index is 13.6. The summed E-state index contributed by atoms with van der Waals surface area (Å²) in [5, 5.41) is 2.82. The lowest BCUT2D eigenvalue weighted by Gasteiger charge is -2.24. The zero-order chi connectivity index (χ0) is 16.9. The van der Waals surface area contributed by atoms with E-state index >= 15 is 0 Å². The molecule has 0 radical (unpaired) electrons. The van der Waals surface area contributed by atoms with Crippen LogP contribution in [-0.4, -0.2) is 24.4 Å². The number of halogens is 1. The van der Waals surface area contributed by atoms with Crippen molar-refractivity contribution >= 4 is 17.5 Å². The zero-order valence-electron chi connectivity index (χ0n) is 13.2. The summed E-state index contributed by atoms with van der Waals surface area (Å²) < 4.78 is 13.6. The van der Waals surface area contributed by atoms with Crippen LogP contribution >= 0.6 is 0 Å². The van der Waals surface area contributed by atoms with E-state index in [0.717, 1.165) is 5.69 Å². The monoisotopic (exact) mass is 326 g/mol. The number of anilines is 1. The van der Waals surface area contributed by atoms with Crippen LogP contribution < -0.4 is 10.2 Å². The van der Waals surface area contributed by atoms with Gasteiger partial charge in [0.1, 0.15) is 11.9 Å². The van der Waals surface area contributed by atoms with Crippen LogP contribution in [0.5, 0.6) is 0 Å². The SMILES string of the molecule is O=C(NCCc1ccccc1F)C1CCC(=O)N1c1ccccc1. The minimum atomic E-state index is -0.500. The third-order valence-corrected chi connectivity index (χ3v) is 4.20. The molecule has 2 aromatic rings. The van der Waals surface area contributed by atoms with E-state index in [9.17, 15) is 14.0 Å². The summed E-state index contributed by atoms with van der Waals surface area (Å²) in [7, 11) is 0. The highest BCUT2D eigenvalue weighted by Gasteiger charge is 2.36. The van der Waals surface area contributed by atoms with Gasteiger partial charge in [-0.3, -0.25) is 14.5 Å². The molecule has 1 saturated heterocycles. The van der Waals surface area contributed by atoms with Crippen LogP contribution in [0.1, 0.15) is 18.4 Å². The zero-order valence-corrected chi connectivity index (χ0v) is 13.2. The summed E-state index contributed by atoms with van der Waals surface area (Å²) in [5.41, 5.74) is 1.30. The maximum atomic E-state index is 13.6. The van der Waals surface area contributed by atoms with E-state index in [1.807, 2.05) is 30.3 Å². The molecule has 1 heterocycles. The van der Waals surface area contributed by atoms with E-state index in [2.05, 4.69) is 5.32 Å². The van der Waals surface area contributed by atoms with Crippen LogP contribution in [0, 0.1) is 5.82 Å². The van der Waals surface area contributed by atoms with Crippen molar-refractivity contribution in [1.29, 1.82) is 0 Å². The number of hydrogen-bond donors (Lipinski definition) is 1. The van der Waals surface area contributed by atoms with Gasteiger partial charge >= 0.3 is 0 Å². The second kappa shape index (κ2) is 7.25. The van der Waals surface area contributed by atoms with Crippen LogP contribution in [0.3, 0.4) is 0 Å². The van der Waals surface area contributed by atoms with Gasteiger partial charge in [-0.2, -0.15) is 0 Å². The molecule has 0 bridgehead atoms. The predicted octanol–water partition coefficient (Wildman–Crippen LogP) is 2.68. The van der Waals surface area contributed by atoms with Gasteiger partial charge in [-0.05, 0) is 36.6 Å². The standard InChI is InChI=1S/C19H19FN2O2/c20-16-9-5-4-6-14(16)12-13-21-19(24)17-10-11-18(23)22(17)15-7-2-1-3-8-15/h1-9,17H,10-13H2,(H,21,24). The van der Waals surface area contributed by atoms with E-state index in [-0.39, 0.29) is 17.6 Å². The molecular weight excluding hydrogens is 307 g/mol. The number of carbonyl (C=O) groups is 2. The number of carbonyl (C=O) groups excluding carboxylic acids is 2. The van der Waals surface area contributed by atoms with Gasteiger partial charge in [-0.1, -0.05) is 36.4 Å².